The van der Waals surface area contributed by atoms with Gasteiger partial charge >= 0.3 is 0 Å². The molecule has 60 valence electrons. The Kier molecular flexibility index (Phi) is 3.86. The van der Waals surface area contributed by atoms with Crippen LogP contribution in [0.4, 0.5) is 0 Å². The highest BCUT2D eigenvalue weighted by Crippen LogP contribution is 2.12. The zero-order valence-electron chi connectivity index (χ0n) is 6.19. The highest BCUT2D eigenvalue weighted by Gasteiger charge is 1.91. The number of rotatable bonds is 4. The van der Waals surface area contributed by atoms with E-state index in [-0.39, 0.29) is 0 Å². The van der Waals surface area contributed by atoms with Crippen molar-refractivity contribution >= 4 is 11.8 Å². The van der Waals surface area contributed by atoms with Crippen molar-refractivity contribution in [1.29, 1.82) is 0 Å². The number of hydrogen-bond donors (Lipinski definition) is 1. The first-order valence-corrected chi connectivity index (χ1v) is 4.47. The minimum Gasteiger partial charge on any atom is -0.468 e. The molecule has 0 saturated carbocycles. The zero-order valence-corrected chi connectivity index (χ0v) is 7.01. The summed E-state index contributed by atoms with van der Waals surface area (Å²) in [5.41, 5.74) is 5.26. The van der Waals surface area contributed by atoms with Gasteiger partial charge in [0.25, 0.3) is 0 Å². The van der Waals surface area contributed by atoms with Crippen molar-refractivity contribution in [3.8, 4) is 0 Å². The average Bonchev–Trinajstić information content (AvgIpc) is 2.50. The van der Waals surface area contributed by atoms with Crippen LogP contribution in [0.25, 0.3) is 0 Å². The van der Waals surface area contributed by atoms with Gasteiger partial charge in [0.1, 0.15) is 5.76 Å². The highest BCUT2D eigenvalue weighted by molar-refractivity contribution is 8.01. The molecule has 1 heterocycles. The molecule has 0 unspecified atom stereocenters. The van der Waals surface area contributed by atoms with E-state index in [1.165, 1.54) is 0 Å². The van der Waals surface area contributed by atoms with Crippen LogP contribution in [0, 0.1) is 0 Å². The second-order valence-corrected chi connectivity index (χ2v) is 2.89. The topological polar surface area (TPSA) is 39.2 Å². The lowest BCUT2D eigenvalue weighted by Gasteiger charge is -1.89. The molecule has 2 N–H and O–H groups in total. The molecule has 0 atom stereocenters. The van der Waals surface area contributed by atoms with Crippen molar-refractivity contribution < 1.29 is 4.42 Å². The largest absolute Gasteiger partial charge is 0.468 e. The summed E-state index contributed by atoms with van der Waals surface area (Å²) in [5, 5.41) is 1.99. The van der Waals surface area contributed by atoms with E-state index in [2.05, 4.69) is 0 Å². The van der Waals surface area contributed by atoms with Crippen LogP contribution in [0.5, 0.6) is 0 Å². The normalized spacial score (nSPS) is 11.0. The van der Waals surface area contributed by atoms with Crippen molar-refractivity contribution in [2.24, 2.45) is 5.73 Å². The monoisotopic (exact) mass is 169 g/mol. The molecule has 0 fully saturated rings. The van der Waals surface area contributed by atoms with Crippen LogP contribution in [0.1, 0.15) is 5.76 Å². The van der Waals surface area contributed by atoms with Gasteiger partial charge in [-0.25, -0.2) is 0 Å². The van der Waals surface area contributed by atoms with Crippen LogP contribution in [0.3, 0.4) is 0 Å². The minimum absolute atomic E-state index is 0.602. The standard InChI is InChI=1S/C8H11NOS/c9-4-2-6-11-7-8-3-1-5-10-8/h1-3,5-6H,4,7,9H2. The average molecular weight is 169 g/mol. The van der Waals surface area contributed by atoms with Gasteiger partial charge in [-0.05, 0) is 17.5 Å². The Labute approximate surface area is 70.5 Å². The van der Waals surface area contributed by atoms with Gasteiger partial charge in [-0.15, -0.1) is 11.8 Å². The predicted molar refractivity (Wildman–Crippen MR) is 48.2 cm³/mol. The summed E-state index contributed by atoms with van der Waals surface area (Å²) in [7, 11) is 0. The summed E-state index contributed by atoms with van der Waals surface area (Å²) >= 11 is 1.68. The molecule has 0 aromatic carbocycles. The Hall–Kier alpha value is -0.670. The van der Waals surface area contributed by atoms with E-state index in [4.69, 9.17) is 10.2 Å². The smallest absolute Gasteiger partial charge is 0.113 e. The summed E-state index contributed by atoms with van der Waals surface area (Å²) in [4.78, 5) is 0. The third-order valence-electron chi connectivity index (χ3n) is 1.13. The summed E-state index contributed by atoms with van der Waals surface area (Å²) < 4.78 is 5.13. The van der Waals surface area contributed by atoms with Gasteiger partial charge in [0.15, 0.2) is 0 Å². The van der Waals surface area contributed by atoms with Crippen molar-refractivity contribution in [3.05, 3.63) is 35.6 Å². The van der Waals surface area contributed by atoms with Crippen LogP contribution in [0.15, 0.2) is 34.3 Å². The molecule has 3 heteroatoms. The van der Waals surface area contributed by atoms with E-state index in [1.807, 2.05) is 23.6 Å². The van der Waals surface area contributed by atoms with Gasteiger partial charge in [-0.1, -0.05) is 6.08 Å². The maximum Gasteiger partial charge on any atom is 0.113 e. The molecule has 2 nitrogen and oxygen atoms in total. The third-order valence-corrected chi connectivity index (χ3v) is 1.97. The second kappa shape index (κ2) is 5.04. The predicted octanol–water partition coefficient (Wildman–Crippen LogP) is 1.99. The van der Waals surface area contributed by atoms with Crippen LogP contribution in [-0.2, 0) is 5.75 Å². The van der Waals surface area contributed by atoms with E-state index < -0.39 is 0 Å². The van der Waals surface area contributed by atoms with Crippen molar-refractivity contribution in [1.82, 2.24) is 0 Å². The fraction of sp³-hybridized carbons (Fsp3) is 0.250. The van der Waals surface area contributed by atoms with E-state index in [9.17, 15) is 0 Å². The van der Waals surface area contributed by atoms with Gasteiger partial charge in [0.05, 0.1) is 12.0 Å². The van der Waals surface area contributed by atoms with Gasteiger partial charge in [-0.2, -0.15) is 0 Å². The Balaban J connectivity index is 2.19. The Morgan fingerprint density at radius 3 is 3.18 bits per heavy atom. The molecule has 0 bridgehead atoms. The first-order chi connectivity index (χ1) is 5.43. The van der Waals surface area contributed by atoms with Crippen molar-refractivity contribution in [2.75, 3.05) is 6.54 Å². The van der Waals surface area contributed by atoms with Crippen LogP contribution >= 0.6 is 11.8 Å². The fourth-order valence-electron chi connectivity index (χ4n) is 0.649. The maximum atomic E-state index is 5.26. The maximum absolute atomic E-state index is 5.26. The lowest BCUT2D eigenvalue weighted by atomic mass is 10.5. The Morgan fingerprint density at radius 1 is 1.64 bits per heavy atom. The summed E-state index contributed by atoms with van der Waals surface area (Å²) in [5.74, 6) is 1.88. The Bertz CT molecular complexity index is 206. The highest BCUT2D eigenvalue weighted by atomic mass is 32.2. The van der Waals surface area contributed by atoms with Crippen LogP contribution in [0.2, 0.25) is 0 Å². The molecular formula is C8H11NOS. The lowest BCUT2D eigenvalue weighted by Crippen LogP contribution is -1.91. The molecule has 0 aliphatic rings. The van der Waals surface area contributed by atoms with Gasteiger partial charge in [0, 0.05) is 6.54 Å². The number of thioether (sulfide) groups is 1. The van der Waals surface area contributed by atoms with Crippen molar-refractivity contribution in [2.45, 2.75) is 5.75 Å². The third kappa shape index (κ3) is 3.30. The van der Waals surface area contributed by atoms with E-state index in [1.54, 1.807) is 18.0 Å². The van der Waals surface area contributed by atoms with Gasteiger partial charge in [-0.3, -0.25) is 0 Å². The minimum atomic E-state index is 0.602. The SMILES string of the molecule is NCC=CSCc1ccco1. The van der Waals surface area contributed by atoms with Crippen LogP contribution < -0.4 is 5.73 Å². The molecule has 1 rings (SSSR count). The molecule has 0 amide bonds. The first kappa shape index (κ1) is 8.43. The molecule has 11 heavy (non-hydrogen) atoms. The number of furan rings is 1. The van der Waals surface area contributed by atoms with Gasteiger partial charge in [0.2, 0.25) is 0 Å². The molecule has 0 aliphatic heterocycles. The van der Waals surface area contributed by atoms with E-state index >= 15 is 0 Å². The Morgan fingerprint density at radius 2 is 2.55 bits per heavy atom. The van der Waals surface area contributed by atoms with E-state index in [0.29, 0.717) is 6.54 Å². The van der Waals surface area contributed by atoms with E-state index in [0.717, 1.165) is 11.5 Å². The molecule has 1 aromatic heterocycles. The molecule has 0 aliphatic carbocycles. The molecule has 0 spiro atoms. The quantitative estimate of drug-likeness (QED) is 0.749. The van der Waals surface area contributed by atoms with Crippen molar-refractivity contribution in [3.63, 3.8) is 0 Å². The molecule has 0 saturated heterocycles. The number of hydrogen-bond acceptors (Lipinski definition) is 3. The zero-order chi connectivity index (χ0) is 7.94. The number of nitrogens with two attached hydrogens (primary N) is 1. The van der Waals surface area contributed by atoms with Crippen LogP contribution in [-0.4, -0.2) is 6.54 Å². The summed E-state index contributed by atoms with van der Waals surface area (Å²) in [6.45, 7) is 0.602. The second-order valence-electron chi connectivity index (χ2n) is 2.00. The first-order valence-electron chi connectivity index (χ1n) is 3.42. The summed E-state index contributed by atoms with van der Waals surface area (Å²) in [6.07, 6.45) is 3.61. The van der Waals surface area contributed by atoms with Gasteiger partial charge < -0.3 is 10.2 Å². The molecule has 0 radical (unpaired) electrons. The lowest BCUT2D eigenvalue weighted by molar-refractivity contribution is 0.530. The molecule has 1 aromatic rings. The molecular weight excluding hydrogens is 158 g/mol. The summed E-state index contributed by atoms with van der Waals surface area (Å²) in [6, 6.07) is 3.85. The fourth-order valence-corrected chi connectivity index (χ4v) is 1.32.